The molecule has 0 saturated heterocycles. The van der Waals surface area contributed by atoms with E-state index in [2.05, 4.69) is 20.8 Å². The van der Waals surface area contributed by atoms with Gasteiger partial charge in [0.05, 0.1) is 17.0 Å². The number of aryl methyl sites for hydroxylation is 2. The lowest BCUT2D eigenvalue weighted by Gasteiger charge is -2.08. The van der Waals surface area contributed by atoms with Gasteiger partial charge in [-0.1, -0.05) is 29.5 Å². The topological polar surface area (TPSA) is 89.8 Å². The smallest absolute Gasteiger partial charge is 0.221 e. The molecule has 28 heavy (non-hydrogen) atoms. The molecule has 0 fully saturated rings. The summed E-state index contributed by atoms with van der Waals surface area (Å²) in [4.78, 5) is 23.5. The van der Waals surface area contributed by atoms with E-state index in [1.165, 1.54) is 19.1 Å². The molecule has 0 aliphatic heterocycles. The number of amides is 1. The molecule has 1 amide bonds. The number of carbonyl (C=O) groups is 2. The van der Waals surface area contributed by atoms with Crippen LogP contribution in [0.3, 0.4) is 0 Å². The number of hydrogen-bond donors (Lipinski definition) is 1. The molecule has 3 aromatic rings. The SMILES string of the molecule is CC(=O)Nc1ccc(C(=O)CSc2nnnn2-c2ccc(C)cc2C)c(F)c1. The summed E-state index contributed by atoms with van der Waals surface area (Å²) in [5.74, 6) is -1.42. The van der Waals surface area contributed by atoms with Crippen LogP contribution < -0.4 is 5.32 Å². The summed E-state index contributed by atoms with van der Waals surface area (Å²) < 4.78 is 15.8. The highest BCUT2D eigenvalue weighted by Gasteiger charge is 2.17. The molecule has 0 bridgehead atoms. The van der Waals surface area contributed by atoms with Crippen molar-refractivity contribution in [2.45, 2.75) is 25.9 Å². The number of thioether (sulfide) groups is 1. The van der Waals surface area contributed by atoms with E-state index >= 15 is 0 Å². The number of Topliss-reactive ketones (excluding diaryl/α,β-unsaturated/α-hetero) is 1. The highest BCUT2D eigenvalue weighted by Crippen LogP contribution is 2.23. The quantitative estimate of drug-likeness (QED) is 0.505. The third-order valence-electron chi connectivity index (χ3n) is 3.94. The van der Waals surface area contributed by atoms with E-state index in [1.807, 2.05) is 32.0 Å². The lowest BCUT2D eigenvalue weighted by atomic mass is 10.1. The number of ketones is 1. The fraction of sp³-hybridized carbons (Fsp3) is 0.211. The van der Waals surface area contributed by atoms with Gasteiger partial charge in [0.2, 0.25) is 11.1 Å². The van der Waals surface area contributed by atoms with E-state index in [9.17, 15) is 14.0 Å². The van der Waals surface area contributed by atoms with Crippen LogP contribution in [-0.4, -0.2) is 37.7 Å². The molecule has 1 aromatic heterocycles. The van der Waals surface area contributed by atoms with Crippen molar-refractivity contribution in [1.82, 2.24) is 20.2 Å². The van der Waals surface area contributed by atoms with Gasteiger partial charge in [-0.15, -0.1) is 5.10 Å². The number of nitrogens with zero attached hydrogens (tertiary/aromatic N) is 4. The number of rotatable bonds is 6. The van der Waals surface area contributed by atoms with E-state index in [1.54, 1.807) is 4.68 Å². The van der Waals surface area contributed by atoms with Crippen LogP contribution >= 0.6 is 11.8 Å². The number of carbonyl (C=O) groups excluding carboxylic acids is 2. The standard InChI is InChI=1S/C19H18FN5O2S/c1-11-4-7-17(12(2)8-11)25-19(22-23-24-25)28-10-18(27)15-6-5-14(9-16(15)20)21-13(3)26/h4-9H,10H2,1-3H3,(H,21,26). The van der Waals surface area contributed by atoms with E-state index < -0.39 is 11.6 Å². The largest absolute Gasteiger partial charge is 0.326 e. The van der Waals surface area contributed by atoms with Gasteiger partial charge in [-0.25, -0.2) is 4.39 Å². The molecule has 0 radical (unpaired) electrons. The second-order valence-electron chi connectivity index (χ2n) is 6.25. The maximum Gasteiger partial charge on any atom is 0.221 e. The van der Waals surface area contributed by atoms with Crippen molar-refractivity contribution < 1.29 is 14.0 Å². The van der Waals surface area contributed by atoms with Gasteiger partial charge >= 0.3 is 0 Å². The zero-order valence-corrected chi connectivity index (χ0v) is 16.4. The number of tetrazole rings is 1. The van der Waals surface area contributed by atoms with Crippen LogP contribution in [0.5, 0.6) is 0 Å². The van der Waals surface area contributed by atoms with Crippen molar-refractivity contribution in [2.24, 2.45) is 0 Å². The first-order valence-electron chi connectivity index (χ1n) is 8.44. The Balaban J connectivity index is 1.74. The first-order chi connectivity index (χ1) is 13.3. The average molecular weight is 399 g/mol. The second-order valence-corrected chi connectivity index (χ2v) is 7.19. The highest BCUT2D eigenvalue weighted by molar-refractivity contribution is 7.99. The van der Waals surface area contributed by atoms with Gasteiger partial charge in [0.25, 0.3) is 0 Å². The molecule has 0 aliphatic rings. The zero-order valence-electron chi connectivity index (χ0n) is 15.6. The molecule has 0 aliphatic carbocycles. The van der Waals surface area contributed by atoms with Gasteiger partial charge in [0, 0.05) is 12.6 Å². The molecule has 1 heterocycles. The van der Waals surface area contributed by atoms with Gasteiger partial charge in [-0.2, -0.15) is 4.68 Å². The highest BCUT2D eigenvalue weighted by atomic mass is 32.2. The lowest BCUT2D eigenvalue weighted by molar-refractivity contribution is -0.114. The molecule has 0 unspecified atom stereocenters. The van der Waals surface area contributed by atoms with E-state index in [0.717, 1.165) is 34.6 Å². The summed E-state index contributed by atoms with van der Waals surface area (Å²) in [6.45, 7) is 5.28. The fourth-order valence-corrected chi connectivity index (χ4v) is 3.46. The predicted molar refractivity (Wildman–Crippen MR) is 104 cm³/mol. The Bertz CT molecular complexity index is 1050. The number of halogens is 1. The Hall–Kier alpha value is -3.07. The first kappa shape index (κ1) is 19.7. The third-order valence-corrected chi connectivity index (χ3v) is 4.86. The Labute approximate surface area is 165 Å². The number of nitrogens with one attached hydrogen (secondary N) is 1. The maximum absolute atomic E-state index is 14.2. The summed E-state index contributed by atoms with van der Waals surface area (Å²) in [6, 6.07) is 9.85. The summed E-state index contributed by atoms with van der Waals surface area (Å²) in [5.41, 5.74) is 3.19. The van der Waals surface area contributed by atoms with Crippen LogP contribution in [-0.2, 0) is 4.79 Å². The van der Waals surface area contributed by atoms with Crippen molar-refractivity contribution in [1.29, 1.82) is 0 Å². The van der Waals surface area contributed by atoms with Crippen molar-refractivity contribution in [3.63, 3.8) is 0 Å². The summed E-state index contributed by atoms with van der Waals surface area (Å²) in [6.07, 6.45) is 0. The van der Waals surface area contributed by atoms with E-state index in [0.29, 0.717) is 10.8 Å². The number of hydrogen-bond acceptors (Lipinski definition) is 6. The molecule has 3 rings (SSSR count). The molecule has 0 spiro atoms. The van der Waals surface area contributed by atoms with Crippen molar-refractivity contribution >= 4 is 29.1 Å². The minimum Gasteiger partial charge on any atom is -0.326 e. The van der Waals surface area contributed by atoms with Crippen LogP contribution in [0.4, 0.5) is 10.1 Å². The summed E-state index contributed by atoms with van der Waals surface area (Å²) in [7, 11) is 0. The Morgan fingerprint density at radius 2 is 1.96 bits per heavy atom. The van der Waals surface area contributed by atoms with Gasteiger partial charge in [0.15, 0.2) is 5.78 Å². The number of benzene rings is 2. The number of anilines is 1. The summed E-state index contributed by atoms with van der Waals surface area (Å²) in [5, 5.41) is 14.6. The fourth-order valence-electron chi connectivity index (χ4n) is 2.69. The molecule has 0 atom stereocenters. The monoisotopic (exact) mass is 399 g/mol. The van der Waals surface area contributed by atoms with Crippen LogP contribution in [0, 0.1) is 19.7 Å². The van der Waals surface area contributed by atoms with Crippen molar-refractivity contribution in [3.8, 4) is 5.69 Å². The van der Waals surface area contributed by atoms with Gasteiger partial charge in [-0.05, 0) is 54.1 Å². The van der Waals surface area contributed by atoms with Gasteiger partial charge in [0.1, 0.15) is 5.82 Å². The molecule has 7 nitrogen and oxygen atoms in total. The molecular formula is C19H18FN5O2S. The first-order valence-corrected chi connectivity index (χ1v) is 9.43. The Morgan fingerprint density at radius 3 is 2.64 bits per heavy atom. The molecular weight excluding hydrogens is 381 g/mol. The van der Waals surface area contributed by atoms with E-state index in [-0.39, 0.29) is 17.2 Å². The Morgan fingerprint density at radius 1 is 1.18 bits per heavy atom. The Kier molecular flexibility index (Phi) is 5.84. The van der Waals surface area contributed by atoms with Gasteiger partial charge in [-0.3, -0.25) is 9.59 Å². The number of aromatic nitrogens is 4. The lowest BCUT2D eigenvalue weighted by Crippen LogP contribution is -2.10. The zero-order chi connectivity index (χ0) is 20.3. The molecule has 1 N–H and O–H groups in total. The van der Waals surface area contributed by atoms with Crippen LogP contribution in [0.15, 0.2) is 41.6 Å². The second kappa shape index (κ2) is 8.30. The molecule has 9 heteroatoms. The maximum atomic E-state index is 14.2. The molecule has 144 valence electrons. The minimum absolute atomic E-state index is 0.0261. The van der Waals surface area contributed by atoms with Crippen LogP contribution in [0.25, 0.3) is 5.69 Å². The summed E-state index contributed by atoms with van der Waals surface area (Å²) >= 11 is 1.13. The minimum atomic E-state index is -0.689. The van der Waals surface area contributed by atoms with Crippen molar-refractivity contribution in [2.75, 3.05) is 11.1 Å². The average Bonchev–Trinajstić information content (AvgIpc) is 3.07. The molecule has 2 aromatic carbocycles. The predicted octanol–water partition coefficient (Wildman–Crippen LogP) is 3.35. The van der Waals surface area contributed by atoms with Gasteiger partial charge < -0.3 is 5.32 Å². The van der Waals surface area contributed by atoms with E-state index in [4.69, 9.17) is 0 Å². The normalized spacial score (nSPS) is 10.7. The third kappa shape index (κ3) is 4.42. The van der Waals surface area contributed by atoms with Crippen LogP contribution in [0.2, 0.25) is 0 Å². The van der Waals surface area contributed by atoms with Crippen LogP contribution in [0.1, 0.15) is 28.4 Å². The molecule has 0 saturated carbocycles. The van der Waals surface area contributed by atoms with Crippen molar-refractivity contribution in [3.05, 3.63) is 58.9 Å².